The number of nitrogens with one attached hydrogen (secondary N) is 1. The third kappa shape index (κ3) is 4.69. The van der Waals surface area contributed by atoms with Crippen LogP contribution in [0.2, 0.25) is 0 Å². The number of amides is 1. The first-order valence-corrected chi connectivity index (χ1v) is 10.5. The lowest BCUT2D eigenvalue weighted by Crippen LogP contribution is -2.40. The van der Waals surface area contributed by atoms with E-state index in [4.69, 9.17) is 4.74 Å². The largest absolute Gasteiger partial charge is 0.494 e. The van der Waals surface area contributed by atoms with Crippen LogP contribution in [-0.2, 0) is 13.0 Å². The molecule has 0 aliphatic carbocycles. The third-order valence-electron chi connectivity index (χ3n) is 5.55. The molecule has 3 aromatic rings. The molecule has 1 N–H and O–H groups in total. The van der Waals surface area contributed by atoms with Gasteiger partial charge >= 0.3 is 0 Å². The predicted molar refractivity (Wildman–Crippen MR) is 117 cm³/mol. The summed E-state index contributed by atoms with van der Waals surface area (Å²) in [6, 6.07) is 20.0. The average Bonchev–Trinajstić information content (AvgIpc) is 2.80. The van der Waals surface area contributed by atoms with E-state index in [-0.39, 0.29) is 11.9 Å². The number of carbonyl (C=O) groups excluding carboxylic acids is 1. The Morgan fingerprint density at radius 2 is 1.90 bits per heavy atom. The molecule has 0 unspecified atom stereocenters. The molecule has 4 rings (SSSR count). The van der Waals surface area contributed by atoms with Crippen LogP contribution < -0.4 is 10.1 Å². The number of benzene rings is 2. The van der Waals surface area contributed by atoms with Crippen molar-refractivity contribution >= 4 is 5.91 Å². The van der Waals surface area contributed by atoms with Gasteiger partial charge in [0.05, 0.1) is 12.6 Å². The lowest BCUT2D eigenvalue weighted by molar-refractivity contribution is 0.0927. The molecule has 0 fully saturated rings. The molecule has 1 amide bonds. The van der Waals surface area contributed by atoms with E-state index in [0.29, 0.717) is 18.7 Å². The van der Waals surface area contributed by atoms with Crippen molar-refractivity contribution in [2.24, 2.45) is 0 Å². The minimum absolute atomic E-state index is 0.0682. The summed E-state index contributed by atoms with van der Waals surface area (Å²) in [5.74, 6) is 0.693. The first kappa shape index (κ1) is 20.1. The normalized spacial score (nSPS) is 14.6. The second-order valence-corrected chi connectivity index (χ2v) is 7.46. The van der Waals surface area contributed by atoms with Crippen LogP contribution in [0.15, 0.2) is 73.1 Å². The Bertz CT molecular complexity index is 973. The van der Waals surface area contributed by atoms with E-state index in [2.05, 4.69) is 45.5 Å². The van der Waals surface area contributed by atoms with Crippen LogP contribution in [0.25, 0.3) is 0 Å². The molecule has 0 bridgehead atoms. The van der Waals surface area contributed by atoms with Gasteiger partial charge in [-0.15, -0.1) is 0 Å². The lowest BCUT2D eigenvalue weighted by Gasteiger charge is -2.36. The summed E-state index contributed by atoms with van der Waals surface area (Å²) in [6.45, 7) is 4.90. The van der Waals surface area contributed by atoms with Gasteiger partial charge < -0.3 is 10.1 Å². The number of ether oxygens (including phenoxy) is 1. The zero-order valence-corrected chi connectivity index (χ0v) is 17.3. The second kappa shape index (κ2) is 9.55. The second-order valence-electron chi connectivity index (χ2n) is 7.46. The maximum Gasteiger partial charge on any atom is 0.251 e. The van der Waals surface area contributed by atoms with Crippen LogP contribution in [0.1, 0.15) is 40.0 Å². The molecule has 2 heterocycles. The van der Waals surface area contributed by atoms with Crippen LogP contribution in [-0.4, -0.2) is 35.5 Å². The van der Waals surface area contributed by atoms with E-state index in [1.54, 1.807) is 18.3 Å². The fraction of sp³-hybridized carbons (Fsp3) is 0.280. The van der Waals surface area contributed by atoms with Gasteiger partial charge in [-0.25, -0.2) is 0 Å². The zero-order chi connectivity index (χ0) is 20.8. The molecule has 1 aromatic heterocycles. The fourth-order valence-corrected chi connectivity index (χ4v) is 3.98. The minimum atomic E-state index is -0.0793. The summed E-state index contributed by atoms with van der Waals surface area (Å²) in [4.78, 5) is 19.5. The van der Waals surface area contributed by atoms with Crippen LogP contribution in [0.5, 0.6) is 5.75 Å². The highest BCUT2D eigenvalue weighted by Crippen LogP contribution is 2.27. The Kier molecular flexibility index (Phi) is 6.40. The van der Waals surface area contributed by atoms with Crippen molar-refractivity contribution in [1.29, 1.82) is 0 Å². The first-order valence-electron chi connectivity index (χ1n) is 10.5. The Hall–Kier alpha value is -3.18. The van der Waals surface area contributed by atoms with Gasteiger partial charge in [-0.05, 0) is 60.4 Å². The molecule has 1 atom stereocenters. The molecule has 2 aromatic carbocycles. The highest BCUT2D eigenvalue weighted by atomic mass is 16.5. The van der Waals surface area contributed by atoms with Crippen LogP contribution in [0.3, 0.4) is 0 Å². The standard InChI is InChI=1S/C25H27N3O2/c1-2-30-23-11-9-20(10-12-23)25(29)27-17-24(21-8-5-14-26-16-21)28-15-13-19-6-3-4-7-22(19)18-28/h3-12,14,16,24H,2,13,15,17-18H2,1H3,(H,27,29)/t24-/m1/s1. The van der Waals surface area contributed by atoms with Crippen LogP contribution in [0.4, 0.5) is 0 Å². The van der Waals surface area contributed by atoms with E-state index in [1.165, 1.54) is 11.1 Å². The molecule has 0 spiro atoms. The molecule has 0 radical (unpaired) electrons. The summed E-state index contributed by atoms with van der Waals surface area (Å²) >= 11 is 0. The molecule has 1 aliphatic rings. The van der Waals surface area contributed by atoms with Crippen LogP contribution in [0, 0.1) is 0 Å². The van der Waals surface area contributed by atoms with Crippen molar-refractivity contribution in [3.8, 4) is 5.75 Å². The SMILES string of the molecule is CCOc1ccc(C(=O)NC[C@H](c2cccnc2)N2CCc3ccccc3C2)cc1. The number of pyridine rings is 1. The first-order chi connectivity index (χ1) is 14.7. The van der Waals surface area contributed by atoms with Gasteiger partial charge in [0, 0.05) is 37.6 Å². The quantitative estimate of drug-likeness (QED) is 0.650. The highest BCUT2D eigenvalue weighted by molar-refractivity contribution is 5.94. The number of fused-ring (bicyclic) bond motifs is 1. The summed E-state index contributed by atoms with van der Waals surface area (Å²) in [5, 5.41) is 3.12. The minimum Gasteiger partial charge on any atom is -0.494 e. The van der Waals surface area contributed by atoms with Gasteiger partial charge in [0.15, 0.2) is 0 Å². The van der Waals surface area contributed by atoms with E-state index in [1.807, 2.05) is 31.3 Å². The zero-order valence-electron chi connectivity index (χ0n) is 17.3. The lowest BCUT2D eigenvalue weighted by atomic mass is 9.97. The molecule has 5 nitrogen and oxygen atoms in total. The van der Waals surface area contributed by atoms with E-state index >= 15 is 0 Å². The third-order valence-corrected chi connectivity index (χ3v) is 5.55. The highest BCUT2D eigenvalue weighted by Gasteiger charge is 2.25. The average molecular weight is 402 g/mol. The predicted octanol–water partition coefficient (Wildman–Crippen LogP) is 4.01. The fourth-order valence-electron chi connectivity index (χ4n) is 3.98. The summed E-state index contributed by atoms with van der Waals surface area (Å²) in [6.07, 6.45) is 4.69. The Labute approximate surface area is 177 Å². The van der Waals surface area contributed by atoms with Gasteiger partial charge in [-0.3, -0.25) is 14.7 Å². The monoisotopic (exact) mass is 401 g/mol. The maximum atomic E-state index is 12.7. The molecule has 1 aliphatic heterocycles. The molecule has 30 heavy (non-hydrogen) atoms. The van der Waals surface area contributed by atoms with E-state index in [9.17, 15) is 4.79 Å². The summed E-state index contributed by atoms with van der Waals surface area (Å²) < 4.78 is 5.46. The summed E-state index contributed by atoms with van der Waals surface area (Å²) in [5.41, 5.74) is 4.52. The smallest absolute Gasteiger partial charge is 0.251 e. The molecule has 0 saturated heterocycles. The maximum absolute atomic E-state index is 12.7. The Morgan fingerprint density at radius 3 is 2.63 bits per heavy atom. The molecule has 0 saturated carbocycles. The topological polar surface area (TPSA) is 54.5 Å². The molecular formula is C25H27N3O2. The van der Waals surface area contributed by atoms with Crippen LogP contribution >= 0.6 is 0 Å². The van der Waals surface area contributed by atoms with Gasteiger partial charge in [-0.1, -0.05) is 30.3 Å². The van der Waals surface area contributed by atoms with Crippen molar-refractivity contribution in [1.82, 2.24) is 15.2 Å². The van der Waals surface area contributed by atoms with Crippen molar-refractivity contribution in [2.45, 2.75) is 25.9 Å². The number of hydrogen-bond donors (Lipinski definition) is 1. The number of carbonyl (C=O) groups is 1. The van der Waals surface area contributed by atoms with Gasteiger partial charge in [0.25, 0.3) is 5.91 Å². The van der Waals surface area contributed by atoms with Crippen molar-refractivity contribution in [3.05, 3.63) is 95.3 Å². The molecule has 154 valence electrons. The molecular weight excluding hydrogens is 374 g/mol. The van der Waals surface area contributed by atoms with E-state index < -0.39 is 0 Å². The van der Waals surface area contributed by atoms with Gasteiger partial charge in [0.2, 0.25) is 0 Å². The Morgan fingerprint density at radius 1 is 1.10 bits per heavy atom. The number of aromatic nitrogens is 1. The van der Waals surface area contributed by atoms with Crippen molar-refractivity contribution in [3.63, 3.8) is 0 Å². The number of nitrogens with zero attached hydrogens (tertiary/aromatic N) is 2. The van der Waals surface area contributed by atoms with Gasteiger partial charge in [0.1, 0.15) is 5.75 Å². The van der Waals surface area contributed by atoms with Gasteiger partial charge in [-0.2, -0.15) is 0 Å². The van der Waals surface area contributed by atoms with Crippen molar-refractivity contribution in [2.75, 3.05) is 19.7 Å². The Balaban J connectivity index is 1.48. The summed E-state index contributed by atoms with van der Waals surface area (Å²) in [7, 11) is 0. The van der Waals surface area contributed by atoms with Crippen molar-refractivity contribution < 1.29 is 9.53 Å². The molecule has 5 heteroatoms. The van der Waals surface area contributed by atoms with E-state index in [0.717, 1.165) is 30.8 Å². The number of hydrogen-bond acceptors (Lipinski definition) is 4. The number of rotatable bonds is 7.